The molecule has 0 amide bonds. The van der Waals surface area contributed by atoms with Crippen LogP contribution in [0.3, 0.4) is 0 Å². The highest BCUT2D eigenvalue weighted by Crippen LogP contribution is 2.16. The van der Waals surface area contributed by atoms with E-state index in [1.165, 1.54) is 0 Å². The topological polar surface area (TPSA) is 57.5 Å². The molecule has 0 saturated heterocycles. The van der Waals surface area contributed by atoms with Crippen LogP contribution in [0.15, 0.2) is 0 Å². The van der Waals surface area contributed by atoms with Crippen molar-refractivity contribution in [2.75, 3.05) is 6.61 Å². The SMILES string of the molecule is CCCCC(CCC[CH]CO)C(=O)O. The van der Waals surface area contributed by atoms with Crippen molar-refractivity contribution in [1.82, 2.24) is 0 Å². The summed E-state index contributed by atoms with van der Waals surface area (Å²) in [5.74, 6) is -0.871. The Hall–Kier alpha value is -0.570. The summed E-state index contributed by atoms with van der Waals surface area (Å²) < 4.78 is 0. The Morgan fingerprint density at radius 1 is 1.36 bits per heavy atom. The standard InChI is InChI=1S/C11H21O3/c1-2-3-7-10(11(13)14)8-5-4-6-9-12/h6,10,12H,2-5,7-9H2,1H3,(H,13,14). The molecule has 1 unspecified atom stereocenters. The van der Waals surface area contributed by atoms with Gasteiger partial charge < -0.3 is 10.2 Å². The number of aliphatic hydroxyl groups excluding tert-OH is 1. The molecule has 0 heterocycles. The maximum atomic E-state index is 10.8. The number of hydrogen-bond donors (Lipinski definition) is 2. The highest BCUT2D eigenvalue weighted by molar-refractivity contribution is 5.69. The zero-order chi connectivity index (χ0) is 10.8. The van der Waals surface area contributed by atoms with Crippen LogP contribution in [0.2, 0.25) is 0 Å². The zero-order valence-corrected chi connectivity index (χ0v) is 8.91. The van der Waals surface area contributed by atoms with Gasteiger partial charge in [-0.2, -0.15) is 0 Å². The van der Waals surface area contributed by atoms with Crippen molar-refractivity contribution in [2.24, 2.45) is 5.92 Å². The summed E-state index contributed by atoms with van der Waals surface area (Å²) in [4.78, 5) is 10.8. The van der Waals surface area contributed by atoms with Gasteiger partial charge >= 0.3 is 5.97 Å². The summed E-state index contributed by atoms with van der Waals surface area (Å²) in [5, 5.41) is 17.4. The van der Waals surface area contributed by atoms with Gasteiger partial charge in [0.15, 0.2) is 0 Å². The second-order valence-electron chi connectivity index (χ2n) is 3.58. The minimum atomic E-state index is -0.678. The van der Waals surface area contributed by atoms with E-state index in [1.54, 1.807) is 6.42 Å². The average molecular weight is 201 g/mol. The Bertz CT molecular complexity index is 145. The Kier molecular flexibility index (Phi) is 8.64. The lowest BCUT2D eigenvalue weighted by atomic mass is 9.96. The molecular formula is C11H21O3. The number of unbranched alkanes of at least 4 members (excludes halogenated alkanes) is 3. The van der Waals surface area contributed by atoms with Gasteiger partial charge in [0.2, 0.25) is 0 Å². The largest absolute Gasteiger partial charge is 0.481 e. The van der Waals surface area contributed by atoms with Crippen LogP contribution in [0.1, 0.15) is 45.4 Å². The summed E-state index contributed by atoms with van der Waals surface area (Å²) in [6, 6.07) is 0. The monoisotopic (exact) mass is 201 g/mol. The summed E-state index contributed by atoms with van der Waals surface area (Å²) in [7, 11) is 0. The second-order valence-corrected chi connectivity index (χ2v) is 3.58. The minimum Gasteiger partial charge on any atom is -0.481 e. The predicted octanol–water partition coefficient (Wildman–Crippen LogP) is 2.24. The fourth-order valence-electron chi connectivity index (χ4n) is 1.44. The first kappa shape index (κ1) is 13.4. The van der Waals surface area contributed by atoms with E-state index in [4.69, 9.17) is 10.2 Å². The van der Waals surface area contributed by atoms with Gasteiger partial charge in [0, 0.05) is 6.61 Å². The maximum Gasteiger partial charge on any atom is 0.306 e. The number of rotatable bonds is 9. The number of carbonyl (C=O) groups is 1. The van der Waals surface area contributed by atoms with Gasteiger partial charge in [-0.15, -0.1) is 0 Å². The van der Waals surface area contributed by atoms with Crippen molar-refractivity contribution in [3.63, 3.8) is 0 Å². The van der Waals surface area contributed by atoms with Crippen molar-refractivity contribution in [3.05, 3.63) is 6.42 Å². The summed E-state index contributed by atoms with van der Waals surface area (Å²) in [6.45, 7) is 2.16. The van der Waals surface area contributed by atoms with E-state index in [2.05, 4.69) is 6.92 Å². The van der Waals surface area contributed by atoms with E-state index in [0.29, 0.717) is 0 Å². The van der Waals surface area contributed by atoms with Crippen LogP contribution in [-0.4, -0.2) is 22.8 Å². The number of carboxylic acids is 1. The number of carboxylic acid groups (broad SMARTS) is 1. The second kappa shape index (κ2) is 9.00. The first-order valence-electron chi connectivity index (χ1n) is 5.37. The zero-order valence-electron chi connectivity index (χ0n) is 8.91. The first-order valence-corrected chi connectivity index (χ1v) is 5.37. The van der Waals surface area contributed by atoms with Crippen LogP contribution < -0.4 is 0 Å². The predicted molar refractivity (Wildman–Crippen MR) is 55.9 cm³/mol. The molecule has 1 radical (unpaired) electrons. The third kappa shape index (κ3) is 6.89. The first-order chi connectivity index (χ1) is 6.72. The van der Waals surface area contributed by atoms with Crippen molar-refractivity contribution >= 4 is 5.97 Å². The Morgan fingerprint density at radius 3 is 2.50 bits per heavy atom. The van der Waals surface area contributed by atoms with E-state index < -0.39 is 5.97 Å². The number of aliphatic hydroxyl groups is 1. The molecule has 0 spiro atoms. The van der Waals surface area contributed by atoms with Gasteiger partial charge in [-0.3, -0.25) is 4.79 Å². The Balaban J connectivity index is 3.57. The molecule has 0 aromatic carbocycles. The molecule has 0 rings (SSSR count). The molecule has 14 heavy (non-hydrogen) atoms. The molecular weight excluding hydrogens is 180 g/mol. The molecule has 0 aromatic heterocycles. The van der Waals surface area contributed by atoms with Crippen molar-refractivity contribution in [1.29, 1.82) is 0 Å². The summed E-state index contributed by atoms with van der Waals surface area (Å²) in [6.07, 6.45) is 7.00. The molecule has 83 valence electrons. The quantitative estimate of drug-likeness (QED) is 0.562. The van der Waals surface area contributed by atoms with Crippen LogP contribution in [0.4, 0.5) is 0 Å². The molecule has 0 bridgehead atoms. The maximum absolute atomic E-state index is 10.8. The van der Waals surface area contributed by atoms with Crippen LogP contribution in [-0.2, 0) is 4.79 Å². The molecule has 0 aliphatic heterocycles. The number of hydrogen-bond acceptors (Lipinski definition) is 2. The van der Waals surface area contributed by atoms with Crippen LogP contribution in [0.25, 0.3) is 0 Å². The highest BCUT2D eigenvalue weighted by Gasteiger charge is 2.15. The van der Waals surface area contributed by atoms with Gasteiger partial charge in [0.25, 0.3) is 0 Å². The molecule has 2 N–H and O–H groups in total. The highest BCUT2D eigenvalue weighted by atomic mass is 16.4. The van der Waals surface area contributed by atoms with Gasteiger partial charge in [0.05, 0.1) is 5.92 Å². The van der Waals surface area contributed by atoms with Crippen LogP contribution in [0, 0.1) is 12.3 Å². The van der Waals surface area contributed by atoms with Crippen molar-refractivity contribution < 1.29 is 15.0 Å². The van der Waals surface area contributed by atoms with E-state index in [9.17, 15) is 4.79 Å². The Labute approximate surface area is 86.1 Å². The van der Waals surface area contributed by atoms with Gasteiger partial charge in [-0.1, -0.05) is 26.2 Å². The van der Waals surface area contributed by atoms with Crippen molar-refractivity contribution in [2.45, 2.75) is 45.4 Å². The van der Waals surface area contributed by atoms with E-state index >= 15 is 0 Å². The average Bonchev–Trinajstić information content (AvgIpc) is 2.16. The smallest absolute Gasteiger partial charge is 0.306 e. The lowest BCUT2D eigenvalue weighted by Crippen LogP contribution is -2.13. The third-order valence-electron chi connectivity index (χ3n) is 2.35. The lowest BCUT2D eigenvalue weighted by molar-refractivity contribution is -0.142. The Morgan fingerprint density at radius 2 is 2.00 bits per heavy atom. The molecule has 0 fully saturated rings. The molecule has 0 aliphatic rings. The van der Waals surface area contributed by atoms with E-state index in [-0.39, 0.29) is 12.5 Å². The van der Waals surface area contributed by atoms with Gasteiger partial charge in [0.1, 0.15) is 0 Å². The molecule has 1 atom stereocenters. The third-order valence-corrected chi connectivity index (χ3v) is 2.35. The fourth-order valence-corrected chi connectivity index (χ4v) is 1.44. The van der Waals surface area contributed by atoms with Crippen LogP contribution in [0.5, 0.6) is 0 Å². The molecule has 0 aliphatic carbocycles. The molecule has 0 saturated carbocycles. The molecule has 3 nitrogen and oxygen atoms in total. The normalized spacial score (nSPS) is 12.7. The van der Waals surface area contributed by atoms with Gasteiger partial charge in [-0.05, 0) is 25.7 Å². The lowest BCUT2D eigenvalue weighted by Gasteiger charge is -2.10. The summed E-state index contributed by atoms with van der Waals surface area (Å²) in [5.41, 5.74) is 0. The van der Waals surface area contributed by atoms with E-state index in [0.717, 1.165) is 38.5 Å². The van der Waals surface area contributed by atoms with E-state index in [1.807, 2.05) is 0 Å². The molecule has 0 aromatic rings. The summed E-state index contributed by atoms with van der Waals surface area (Å²) >= 11 is 0. The van der Waals surface area contributed by atoms with Crippen LogP contribution >= 0.6 is 0 Å². The van der Waals surface area contributed by atoms with Gasteiger partial charge in [-0.25, -0.2) is 0 Å². The number of aliphatic carboxylic acids is 1. The molecule has 3 heteroatoms. The van der Waals surface area contributed by atoms with Crippen molar-refractivity contribution in [3.8, 4) is 0 Å². The fraction of sp³-hybridized carbons (Fsp3) is 0.818. The minimum absolute atomic E-state index is 0.0900.